The lowest BCUT2D eigenvalue weighted by atomic mass is 9.95. The zero-order valence-corrected chi connectivity index (χ0v) is 22.7. The highest BCUT2D eigenvalue weighted by Crippen LogP contribution is 2.45. The average Bonchev–Trinajstić information content (AvgIpc) is 3.47. The quantitative estimate of drug-likeness (QED) is 0.154. The molecule has 1 fully saturated rings. The summed E-state index contributed by atoms with van der Waals surface area (Å²) in [5.41, 5.74) is 1.71. The van der Waals surface area contributed by atoms with Crippen molar-refractivity contribution in [2.45, 2.75) is 26.8 Å². The van der Waals surface area contributed by atoms with Crippen LogP contribution in [0.25, 0.3) is 16.0 Å². The van der Waals surface area contributed by atoms with Gasteiger partial charge in [-0.2, -0.15) is 0 Å². The summed E-state index contributed by atoms with van der Waals surface area (Å²) in [5.74, 6) is 0.185. The summed E-state index contributed by atoms with van der Waals surface area (Å²) in [7, 11) is 0. The molecule has 5 rings (SSSR count). The molecule has 8 nitrogen and oxygen atoms in total. The molecule has 0 aliphatic carbocycles. The zero-order valence-electron chi connectivity index (χ0n) is 21.8. The second-order valence-corrected chi connectivity index (χ2v) is 9.70. The van der Waals surface area contributed by atoms with E-state index < -0.39 is 17.7 Å². The fourth-order valence-corrected chi connectivity index (χ4v) is 5.56. The van der Waals surface area contributed by atoms with E-state index in [1.165, 1.54) is 16.2 Å². The Kier molecular flexibility index (Phi) is 7.51. The third-order valence-electron chi connectivity index (χ3n) is 6.26. The SMILES string of the molecule is CCOc1ccc(/C(O)=C2\C(=O)C(=O)N(c3nc4ccc(OCC)cc4s3)C2c2ccc(OCC)cc2)cc1. The van der Waals surface area contributed by atoms with Gasteiger partial charge in [0.05, 0.1) is 41.7 Å². The van der Waals surface area contributed by atoms with E-state index in [-0.39, 0.29) is 11.3 Å². The van der Waals surface area contributed by atoms with Crippen molar-refractivity contribution < 1.29 is 28.9 Å². The minimum absolute atomic E-state index is 0.0115. The number of amides is 1. The van der Waals surface area contributed by atoms with Crippen molar-refractivity contribution >= 4 is 44.1 Å². The van der Waals surface area contributed by atoms with Gasteiger partial charge in [-0.05, 0) is 80.9 Å². The van der Waals surface area contributed by atoms with Gasteiger partial charge >= 0.3 is 5.91 Å². The van der Waals surface area contributed by atoms with Gasteiger partial charge in [-0.1, -0.05) is 23.5 Å². The fourth-order valence-electron chi connectivity index (χ4n) is 4.54. The number of hydrogen-bond acceptors (Lipinski definition) is 8. The Morgan fingerprint density at radius 3 is 2.03 bits per heavy atom. The minimum atomic E-state index is -0.890. The molecule has 0 spiro atoms. The summed E-state index contributed by atoms with van der Waals surface area (Å²) in [6.45, 7) is 7.21. The summed E-state index contributed by atoms with van der Waals surface area (Å²) in [6, 6.07) is 18.5. The number of carbonyl (C=O) groups excluding carboxylic acids is 2. The molecular formula is C30H28N2O6S. The summed E-state index contributed by atoms with van der Waals surface area (Å²) < 4.78 is 17.5. The highest BCUT2D eigenvalue weighted by atomic mass is 32.1. The number of fused-ring (bicyclic) bond motifs is 1. The lowest BCUT2D eigenvalue weighted by molar-refractivity contribution is -0.132. The van der Waals surface area contributed by atoms with E-state index in [1.807, 2.05) is 39.0 Å². The first kappa shape index (κ1) is 26.2. The van der Waals surface area contributed by atoms with Gasteiger partial charge in [0.2, 0.25) is 0 Å². The monoisotopic (exact) mass is 544 g/mol. The van der Waals surface area contributed by atoms with Crippen LogP contribution in [0.3, 0.4) is 0 Å². The van der Waals surface area contributed by atoms with Crippen molar-refractivity contribution in [2.75, 3.05) is 24.7 Å². The molecule has 1 N–H and O–H groups in total. The van der Waals surface area contributed by atoms with E-state index in [4.69, 9.17) is 14.2 Å². The Balaban J connectivity index is 1.64. The molecule has 0 radical (unpaired) electrons. The standard InChI is InChI=1S/C30H28N2O6S/c1-4-36-20-11-7-18(8-12-20)26-25(27(33)19-9-13-21(14-10-19)37-5-2)28(34)29(35)32(26)30-31-23-16-15-22(38-6-3)17-24(23)39-30/h7-17,26,33H,4-6H2,1-3H3/b27-25+. The first-order chi connectivity index (χ1) is 18.9. The number of aromatic nitrogens is 1. The number of aliphatic hydroxyl groups excluding tert-OH is 1. The van der Waals surface area contributed by atoms with Gasteiger partial charge in [0.25, 0.3) is 5.78 Å². The lowest BCUT2D eigenvalue weighted by Gasteiger charge is -2.23. The Hall–Kier alpha value is -4.37. The Labute approximate surface area is 230 Å². The van der Waals surface area contributed by atoms with E-state index in [0.717, 1.165) is 4.70 Å². The highest BCUT2D eigenvalue weighted by molar-refractivity contribution is 7.22. The van der Waals surface area contributed by atoms with Gasteiger partial charge in [-0.3, -0.25) is 14.5 Å². The molecular weight excluding hydrogens is 516 g/mol. The molecule has 2 heterocycles. The van der Waals surface area contributed by atoms with Gasteiger partial charge in [-0.25, -0.2) is 4.98 Å². The molecule has 1 aromatic heterocycles. The lowest BCUT2D eigenvalue weighted by Crippen LogP contribution is -2.29. The van der Waals surface area contributed by atoms with Crippen LogP contribution in [0.4, 0.5) is 5.13 Å². The number of Topliss-reactive ketones (excluding diaryl/α,β-unsaturated/α-hetero) is 1. The fraction of sp³-hybridized carbons (Fsp3) is 0.233. The molecule has 0 bridgehead atoms. The summed E-state index contributed by atoms with van der Waals surface area (Å²) >= 11 is 1.28. The van der Waals surface area contributed by atoms with Gasteiger partial charge in [0.1, 0.15) is 23.0 Å². The van der Waals surface area contributed by atoms with Crippen LogP contribution < -0.4 is 19.1 Å². The Morgan fingerprint density at radius 1 is 0.846 bits per heavy atom. The third-order valence-corrected chi connectivity index (χ3v) is 7.27. The average molecular weight is 545 g/mol. The van der Waals surface area contributed by atoms with Gasteiger partial charge in [-0.15, -0.1) is 0 Å². The van der Waals surface area contributed by atoms with E-state index in [2.05, 4.69) is 4.98 Å². The van der Waals surface area contributed by atoms with E-state index in [0.29, 0.717) is 58.8 Å². The zero-order chi connectivity index (χ0) is 27.5. The predicted molar refractivity (Wildman–Crippen MR) is 151 cm³/mol. The number of ketones is 1. The van der Waals surface area contributed by atoms with E-state index in [9.17, 15) is 14.7 Å². The van der Waals surface area contributed by atoms with E-state index >= 15 is 0 Å². The number of aliphatic hydroxyl groups is 1. The summed E-state index contributed by atoms with van der Waals surface area (Å²) in [5, 5.41) is 11.7. The third kappa shape index (κ3) is 5.05. The first-order valence-corrected chi connectivity index (χ1v) is 13.6. The van der Waals surface area contributed by atoms with Crippen molar-refractivity contribution in [3.8, 4) is 17.2 Å². The summed E-state index contributed by atoms with van der Waals surface area (Å²) in [4.78, 5) is 33.0. The number of thiazole rings is 1. The predicted octanol–water partition coefficient (Wildman–Crippen LogP) is 6.12. The number of benzene rings is 3. The maximum Gasteiger partial charge on any atom is 0.301 e. The molecule has 1 unspecified atom stereocenters. The van der Waals surface area contributed by atoms with Gasteiger partial charge in [0.15, 0.2) is 5.13 Å². The Morgan fingerprint density at radius 2 is 1.41 bits per heavy atom. The smallest absolute Gasteiger partial charge is 0.301 e. The van der Waals surface area contributed by atoms with Gasteiger partial charge in [0, 0.05) is 5.56 Å². The summed E-state index contributed by atoms with van der Waals surface area (Å²) in [6.07, 6.45) is 0. The molecule has 0 saturated carbocycles. The number of carbonyl (C=O) groups is 2. The van der Waals surface area contributed by atoms with Crippen molar-refractivity contribution in [3.63, 3.8) is 0 Å². The van der Waals surface area contributed by atoms with Gasteiger partial charge < -0.3 is 19.3 Å². The van der Waals surface area contributed by atoms with Crippen molar-refractivity contribution in [1.82, 2.24) is 4.98 Å². The van der Waals surface area contributed by atoms with Crippen LogP contribution in [0.15, 0.2) is 72.3 Å². The number of ether oxygens (including phenoxy) is 3. The van der Waals surface area contributed by atoms with Crippen LogP contribution in [-0.2, 0) is 9.59 Å². The van der Waals surface area contributed by atoms with E-state index in [1.54, 1.807) is 48.5 Å². The first-order valence-electron chi connectivity index (χ1n) is 12.8. The molecule has 1 saturated heterocycles. The van der Waals surface area contributed by atoms with Crippen LogP contribution in [0.1, 0.15) is 37.9 Å². The maximum absolute atomic E-state index is 13.5. The van der Waals surface area contributed by atoms with Crippen molar-refractivity contribution in [1.29, 1.82) is 0 Å². The molecule has 9 heteroatoms. The van der Waals surface area contributed by atoms with Crippen LogP contribution in [-0.4, -0.2) is 41.6 Å². The Bertz CT molecular complexity index is 1540. The van der Waals surface area contributed by atoms with Crippen molar-refractivity contribution in [3.05, 3.63) is 83.4 Å². The number of nitrogens with zero attached hydrogens (tertiary/aromatic N) is 2. The normalized spacial score (nSPS) is 16.6. The van der Waals surface area contributed by atoms with Crippen LogP contribution in [0.5, 0.6) is 17.2 Å². The number of anilines is 1. The molecule has 3 aromatic carbocycles. The molecule has 200 valence electrons. The van der Waals surface area contributed by atoms with Crippen LogP contribution >= 0.6 is 11.3 Å². The number of rotatable bonds is 9. The molecule has 1 aliphatic rings. The second kappa shape index (κ2) is 11.2. The molecule has 4 aromatic rings. The topological polar surface area (TPSA) is 98.2 Å². The largest absolute Gasteiger partial charge is 0.507 e. The molecule has 1 atom stereocenters. The minimum Gasteiger partial charge on any atom is -0.507 e. The molecule has 1 amide bonds. The second-order valence-electron chi connectivity index (χ2n) is 8.69. The molecule has 1 aliphatic heterocycles. The van der Waals surface area contributed by atoms with Crippen LogP contribution in [0.2, 0.25) is 0 Å². The number of hydrogen-bond donors (Lipinski definition) is 1. The maximum atomic E-state index is 13.5. The van der Waals surface area contributed by atoms with Crippen LogP contribution in [0, 0.1) is 0 Å². The highest BCUT2D eigenvalue weighted by Gasteiger charge is 2.48. The molecule has 39 heavy (non-hydrogen) atoms. The van der Waals surface area contributed by atoms with Crippen molar-refractivity contribution in [2.24, 2.45) is 0 Å².